The van der Waals surface area contributed by atoms with Crippen molar-refractivity contribution in [3.63, 3.8) is 0 Å². The van der Waals surface area contributed by atoms with Crippen LogP contribution >= 0.6 is 11.6 Å². The van der Waals surface area contributed by atoms with Crippen LogP contribution in [0.4, 0.5) is 0 Å². The number of benzene rings is 2. The fourth-order valence-corrected chi connectivity index (χ4v) is 3.94. The van der Waals surface area contributed by atoms with Crippen LogP contribution in [0.1, 0.15) is 30.4 Å². The summed E-state index contributed by atoms with van der Waals surface area (Å²) in [5.74, 6) is 0.164. The molecule has 0 spiro atoms. The van der Waals surface area contributed by atoms with Crippen LogP contribution in [0.25, 0.3) is 10.9 Å². The first kappa shape index (κ1) is 16.1. The second kappa shape index (κ2) is 6.02. The quantitative estimate of drug-likeness (QED) is 0.739. The normalized spacial score (nSPS) is 13.3. The third-order valence-electron chi connectivity index (χ3n) is 4.18. The standard InChI is InChI=1S/C18H18ClNO2S/c1-3-14(12-7-9-13(10-8-12)23(2,21)22)15-11-20-17-6-4-5-16(19)18(15)17/h4-11,14,20H,3H2,1-2H3. The van der Waals surface area contributed by atoms with Crippen LogP contribution in [0, 0.1) is 0 Å². The van der Waals surface area contributed by atoms with Gasteiger partial charge in [0, 0.05) is 29.3 Å². The Morgan fingerprint density at radius 3 is 2.43 bits per heavy atom. The third-order valence-corrected chi connectivity index (χ3v) is 5.62. The van der Waals surface area contributed by atoms with Crippen molar-refractivity contribution in [1.29, 1.82) is 0 Å². The lowest BCUT2D eigenvalue weighted by Crippen LogP contribution is -2.01. The topological polar surface area (TPSA) is 49.9 Å². The minimum Gasteiger partial charge on any atom is -0.361 e. The van der Waals surface area contributed by atoms with E-state index in [1.54, 1.807) is 12.1 Å². The highest BCUT2D eigenvalue weighted by atomic mass is 35.5. The molecule has 0 aliphatic carbocycles. The van der Waals surface area contributed by atoms with Gasteiger partial charge in [0.05, 0.1) is 9.92 Å². The van der Waals surface area contributed by atoms with E-state index >= 15 is 0 Å². The van der Waals surface area contributed by atoms with Crippen molar-refractivity contribution in [2.24, 2.45) is 0 Å². The highest BCUT2D eigenvalue weighted by molar-refractivity contribution is 7.90. The van der Waals surface area contributed by atoms with E-state index in [2.05, 4.69) is 11.9 Å². The monoisotopic (exact) mass is 347 g/mol. The predicted molar refractivity (Wildman–Crippen MR) is 95.0 cm³/mol. The fraction of sp³-hybridized carbons (Fsp3) is 0.222. The molecule has 1 unspecified atom stereocenters. The molecule has 0 radical (unpaired) electrons. The molecule has 0 aliphatic heterocycles. The van der Waals surface area contributed by atoms with Gasteiger partial charge in [-0.1, -0.05) is 36.7 Å². The van der Waals surface area contributed by atoms with E-state index in [4.69, 9.17) is 11.6 Å². The summed E-state index contributed by atoms with van der Waals surface area (Å²) in [5.41, 5.74) is 3.24. The van der Waals surface area contributed by atoms with Crippen molar-refractivity contribution >= 4 is 32.3 Å². The summed E-state index contributed by atoms with van der Waals surface area (Å²) in [6.45, 7) is 2.12. The number of aromatic nitrogens is 1. The molecule has 1 N–H and O–H groups in total. The largest absolute Gasteiger partial charge is 0.361 e. The van der Waals surface area contributed by atoms with Crippen molar-refractivity contribution in [2.45, 2.75) is 24.2 Å². The summed E-state index contributed by atoms with van der Waals surface area (Å²) in [7, 11) is -3.17. The van der Waals surface area contributed by atoms with Gasteiger partial charge in [0.1, 0.15) is 0 Å². The Labute approximate surface area is 141 Å². The lowest BCUT2D eigenvalue weighted by Gasteiger charge is -2.16. The molecule has 0 saturated carbocycles. The lowest BCUT2D eigenvalue weighted by atomic mass is 9.89. The Morgan fingerprint density at radius 1 is 1.13 bits per heavy atom. The minimum absolute atomic E-state index is 0.164. The van der Waals surface area contributed by atoms with Gasteiger partial charge in [0.25, 0.3) is 0 Å². The molecule has 0 fully saturated rings. The van der Waals surface area contributed by atoms with E-state index in [0.29, 0.717) is 4.90 Å². The molecule has 1 aromatic heterocycles. The van der Waals surface area contributed by atoms with E-state index in [9.17, 15) is 8.42 Å². The molecule has 1 atom stereocenters. The summed E-state index contributed by atoms with van der Waals surface area (Å²) < 4.78 is 23.2. The molecule has 0 amide bonds. The second-order valence-corrected chi connectivity index (χ2v) is 8.13. The summed E-state index contributed by atoms with van der Waals surface area (Å²) >= 11 is 6.38. The Kier molecular flexibility index (Phi) is 4.21. The molecule has 0 saturated heterocycles. The summed E-state index contributed by atoms with van der Waals surface area (Å²) in [5, 5.41) is 1.76. The average Bonchev–Trinajstić information content (AvgIpc) is 2.93. The molecule has 3 nitrogen and oxygen atoms in total. The second-order valence-electron chi connectivity index (χ2n) is 5.71. The zero-order valence-corrected chi connectivity index (χ0v) is 14.6. The molecule has 3 rings (SSSR count). The number of H-pyrrole nitrogens is 1. The van der Waals surface area contributed by atoms with Crippen LogP contribution in [-0.4, -0.2) is 19.7 Å². The molecule has 2 aromatic carbocycles. The molecule has 0 bridgehead atoms. The average molecular weight is 348 g/mol. The number of hydrogen-bond acceptors (Lipinski definition) is 2. The van der Waals surface area contributed by atoms with Gasteiger partial charge in [-0.3, -0.25) is 0 Å². The van der Waals surface area contributed by atoms with Gasteiger partial charge in [0.15, 0.2) is 9.84 Å². The highest BCUT2D eigenvalue weighted by Gasteiger charge is 2.18. The molecule has 3 aromatic rings. The molecule has 0 aliphatic rings. The van der Waals surface area contributed by atoms with E-state index in [-0.39, 0.29) is 5.92 Å². The van der Waals surface area contributed by atoms with Crippen LogP contribution in [0.2, 0.25) is 5.02 Å². The van der Waals surface area contributed by atoms with Crippen molar-refractivity contribution < 1.29 is 8.42 Å². The molecular weight excluding hydrogens is 330 g/mol. The van der Waals surface area contributed by atoms with Gasteiger partial charge in [-0.05, 0) is 41.8 Å². The summed E-state index contributed by atoms with van der Waals surface area (Å²) in [6.07, 6.45) is 4.12. The number of nitrogens with one attached hydrogen (secondary N) is 1. The number of halogens is 1. The predicted octanol–water partition coefficient (Wildman–Crippen LogP) is 4.77. The number of rotatable bonds is 4. The Balaban J connectivity index is 2.09. The third kappa shape index (κ3) is 3.01. The number of sulfone groups is 1. The maximum Gasteiger partial charge on any atom is 0.175 e. The van der Waals surface area contributed by atoms with Crippen LogP contribution < -0.4 is 0 Å². The smallest absolute Gasteiger partial charge is 0.175 e. The first-order chi connectivity index (χ1) is 10.9. The summed E-state index contributed by atoms with van der Waals surface area (Å²) in [6, 6.07) is 12.9. The van der Waals surface area contributed by atoms with Crippen LogP contribution in [0.15, 0.2) is 53.6 Å². The number of fused-ring (bicyclic) bond motifs is 1. The van der Waals surface area contributed by atoms with Gasteiger partial charge in [-0.25, -0.2) is 8.42 Å². The number of aromatic amines is 1. The molecule has 5 heteroatoms. The zero-order chi connectivity index (χ0) is 16.6. The molecule has 120 valence electrons. The van der Waals surface area contributed by atoms with Crippen LogP contribution in [0.3, 0.4) is 0 Å². The van der Waals surface area contributed by atoms with Gasteiger partial charge in [-0.15, -0.1) is 0 Å². The van der Waals surface area contributed by atoms with E-state index < -0.39 is 9.84 Å². The van der Waals surface area contributed by atoms with Crippen molar-refractivity contribution in [3.8, 4) is 0 Å². The SMILES string of the molecule is CCC(c1ccc(S(C)(=O)=O)cc1)c1c[nH]c2cccc(Cl)c12. The Hall–Kier alpha value is -1.78. The van der Waals surface area contributed by atoms with E-state index in [1.165, 1.54) is 6.26 Å². The zero-order valence-electron chi connectivity index (χ0n) is 13.0. The van der Waals surface area contributed by atoms with Crippen molar-refractivity contribution in [3.05, 3.63) is 64.8 Å². The van der Waals surface area contributed by atoms with Crippen LogP contribution in [0.5, 0.6) is 0 Å². The maximum absolute atomic E-state index is 11.6. The number of hydrogen-bond donors (Lipinski definition) is 1. The van der Waals surface area contributed by atoms with E-state index in [0.717, 1.165) is 33.5 Å². The van der Waals surface area contributed by atoms with Gasteiger partial charge in [-0.2, -0.15) is 0 Å². The van der Waals surface area contributed by atoms with Crippen molar-refractivity contribution in [1.82, 2.24) is 4.98 Å². The van der Waals surface area contributed by atoms with Gasteiger partial charge in [0.2, 0.25) is 0 Å². The van der Waals surface area contributed by atoms with Gasteiger partial charge < -0.3 is 4.98 Å². The minimum atomic E-state index is -3.17. The molecule has 23 heavy (non-hydrogen) atoms. The van der Waals surface area contributed by atoms with E-state index in [1.807, 2.05) is 36.5 Å². The molecule has 1 heterocycles. The first-order valence-corrected chi connectivity index (χ1v) is 9.74. The maximum atomic E-state index is 11.6. The first-order valence-electron chi connectivity index (χ1n) is 7.47. The summed E-state index contributed by atoms with van der Waals surface area (Å²) in [4.78, 5) is 3.61. The lowest BCUT2D eigenvalue weighted by molar-refractivity contribution is 0.602. The highest BCUT2D eigenvalue weighted by Crippen LogP contribution is 2.36. The Bertz CT molecular complexity index is 943. The van der Waals surface area contributed by atoms with Gasteiger partial charge >= 0.3 is 0 Å². The van der Waals surface area contributed by atoms with Crippen LogP contribution in [-0.2, 0) is 9.84 Å². The molecular formula is C18H18ClNO2S. The fourth-order valence-electron chi connectivity index (χ4n) is 3.02. The Morgan fingerprint density at radius 2 is 1.83 bits per heavy atom. The van der Waals surface area contributed by atoms with Crippen molar-refractivity contribution in [2.75, 3.05) is 6.26 Å².